The number of amides is 2. The van der Waals surface area contributed by atoms with Gasteiger partial charge in [-0.3, -0.25) is 9.59 Å². The summed E-state index contributed by atoms with van der Waals surface area (Å²) in [5, 5.41) is 4.29. The lowest BCUT2D eigenvalue weighted by atomic mass is 9.88. The van der Waals surface area contributed by atoms with Crippen LogP contribution < -0.4 is 5.32 Å². The molecule has 1 aliphatic heterocycles. The molecule has 1 N–H and O–H groups in total. The zero-order valence-electron chi connectivity index (χ0n) is 18.1. The van der Waals surface area contributed by atoms with Crippen molar-refractivity contribution >= 4 is 33.4 Å². The Hall–Kier alpha value is -1.95. The molecule has 6 heteroatoms. The van der Waals surface area contributed by atoms with E-state index in [9.17, 15) is 9.59 Å². The lowest BCUT2D eigenvalue weighted by Crippen LogP contribution is -2.54. The third-order valence-corrected chi connectivity index (χ3v) is 7.87. The molecule has 2 heterocycles. The van der Waals surface area contributed by atoms with Crippen molar-refractivity contribution < 1.29 is 9.59 Å². The first kappa shape index (κ1) is 21.3. The van der Waals surface area contributed by atoms with Crippen LogP contribution in [-0.2, 0) is 9.59 Å². The SMILES string of the molecule is CC(C)C(NC(=O)C1CCCCC1)C(=O)N1CCC(c2nc3ccccc3s2)CC1. The molecule has 1 saturated heterocycles. The molecule has 2 amide bonds. The Balaban J connectivity index is 1.36. The Kier molecular flexibility index (Phi) is 6.71. The Morgan fingerprint density at radius 3 is 2.43 bits per heavy atom. The van der Waals surface area contributed by atoms with Gasteiger partial charge in [-0.2, -0.15) is 0 Å². The number of nitrogens with zero attached hydrogens (tertiary/aromatic N) is 2. The van der Waals surface area contributed by atoms with E-state index in [1.807, 2.05) is 24.8 Å². The third-order valence-electron chi connectivity index (χ3n) is 6.67. The van der Waals surface area contributed by atoms with E-state index < -0.39 is 6.04 Å². The first-order valence-electron chi connectivity index (χ1n) is 11.5. The van der Waals surface area contributed by atoms with Gasteiger partial charge in [-0.25, -0.2) is 4.98 Å². The van der Waals surface area contributed by atoms with Crippen molar-refractivity contribution in [3.05, 3.63) is 29.3 Å². The Morgan fingerprint density at radius 2 is 1.77 bits per heavy atom. The van der Waals surface area contributed by atoms with E-state index in [0.29, 0.717) is 5.92 Å². The Bertz CT molecular complexity index is 846. The average Bonchev–Trinajstić information content (AvgIpc) is 3.21. The highest BCUT2D eigenvalue weighted by Crippen LogP contribution is 2.34. The average molecular weight is 428 g/mol. The highest BCUT2D eigenvalue weighted by Gasteiger charge is 2.33. The number of benzene rings is 1. The molecule has 1 aromatic heterocycles. The van der Waals surface area contributed by atoms with Gasteiger partial charge in [0.05, 0.1) is 15.2 Å². The van der Waals surface area contributed by atoms with Crippen molar-refractivity contribution in [3.63, 3.8) is 0 Å². The predicted molar refractivity (Wildman–Crippen MR) is 122 cm³/mol. The quantitative estimate of drug-likeness (QED) is 0.751. The number of aromatic nitrogens is 1. The number of hydrogen-bond acceptors (Lipinski definition) is 4. The maximum atomic E-state index is 13.2. The summed E-state index contributed by atoms with van der Waals surface area (Å²) in [5.74, 6) is 0.744. The van der Waals surface area contributed by atoms with Gasteiger partial charge in [-0.15, -0.1) is 11.3 Å². The van der Waals surface area contributed by atoms with Gasteiger partial charge in [-0.05, 0) is 43.7 Å². The van der Waals surface area contributed by atoms with E-state index in [4.69, 9.17) is 4.98 Å². The van der Waals surface area contributed by atoms with E-state index in [0.717, 1.165) is 57.1 Å². The molecule has 4 rings (SSSR count). The lowest BCUT2D eigenvalue weighted by Gasteiger charge is -2.35. The number of thiazole rings is 1. The Morgan fingerprint density at radius 1 is 1.07 bits per heavy atom. The monoisotopic (exact) mass is 427 g/mol. The molecule has 2 aliphatic rings. The van der Waals surface area contributed by atoms with Crippen molar-refractivity contribution in [2.45, 2.75) is 70.8 Å². The molecule has 1 aromatic carbocycles. The molecule has 2 aromatic rings. The summed E-state index contributed by atoms with van der Waals surface area (Å²) in [6.07, 6.45) is 7.26. The highest BCUT2D eigenvalue weighted by molar-refractivity contribution is 7.18. The van der Waals surface area contributed by atoms with Crippen molar-refractivity contribution in [1.82, 2.24) is 15.2 Å². The molecule has 30 heavy (non-hydrogen) atoms. The number of carbonyl (C=O) groups excluding carboxylic acids is 2. The standard InChI is InChI=1S/C24H33N3O2S/c1-16(2)21(26-22(28)17-8-4-3-5-9-17)24(29)27-14-12-18(13-15-27)23-25-19-10-6-7-11-20(19)30-23/h6-7,10-11,16-18,21H,3-5,8-9,12-15H2,1-2H3,(H,26,28). The van der Waals surface area contributed by atoms with Crippen LogP contribution in [0.3, 0.4) is 0 Å². The van der Waals surface area contributed by atoms with Crippen molar-refractivity contribution in [3.8, 4) is 0 Å². The van der Waals surface area contributed by atoms with Gasteiger partial charge in [-0.1, -0.05) is 45.2 Å². The minimum Gasteiger partial charge on any atom is -0.344 e. The highest BCUT2D eigenvalue weighted by atomic mass is 32.1. The van der Waals surface area contributed by atoms with Crippen molar-refractivity contribution in [1.29, 1.82) is 0 Å². The number of para-hydroxylation sites is 1. The van der Waals surface area contributed by atoms with Gasteiger partial charge in [0.15, 0.2) is 0 Å². The van der Waals surface area contributed by atoms with Gasteiger partial charge in [0.25, 0.3) is 0 Å². The molecule has 1 atom stereocenters. The number of fused-ring (bicyclic) bond motifs is 1. The second kappa shape index (κ2) is 9.46. The van der Waals surface area contributed by atoms with Crippen molar-refractivity contribution in [2.75, 3.05) is 13.1 Å². The maximum Gasteiger partial charge on any atom is 0.245 e. The second-order valence-corrected chi connectivity index (χ2v) is 10.2. The molecule has 162 valence electrons. The molecule has 0 radical (unpaired) electrons. The van der Waals surface area contributed by atoms with Crippen LogP contribution in [0.5, 0.6) is 0 Å². The first-order valence-corrected chi connectivity index (χ1v) is 12.3. The minimum absolute atomic E-state index is 0.0751. The molecular weight excluding hydrogens is 394 g/mol. The van der Waals surface area contributed by atoms with Crippen LogP contribution in [0.2, 0.25) is 0 Å². The lowest BCUT2D eigenvalue weighted by molar-refractivity contribution is -0.139. The van der Waals surface area contributed by atoms with Crippen LogP contribution in [0.25, 0.3) is 10.2 Å². The van der Waals surface area contributed by atoms with Gasteiger partial charge in [0.1, 0.15) is 6.04 Å². The summed E-state index contributed by atoms with van der Waals surface area (Å²) in [6, 6.07) is 7.85. The fraction of sp³-hybridized carbons (Fsp3) is 0.625. The number of piperidine rings is 1. The van der Waals surface area contributed by atoms with Crippen molar-refractivity contribution in [2.24, 2.45) is 11.8 Å². The fourth-order valence-electron chi connectivity index (χ4n) is 4.76. The number of likely N-dealkylation sites (tertiary alicyclic amines) is 1. The molecule has 5 nitrogen and oxygen atoms in total. The zero-order chi connectivity index (χ0) is 21.1. The van der Waals surface area contributed by atoms with Gasteiger partial charge < -0.3 is 10.2 Å². The van der Waals surface area contributed by atoms with Crippen LogP contribution in [0.1, 0.15) is 69.7 Å². The van der Waals surface area contributed by atoms with E-state index in [1.54, 1.807) is 11.3 Å². The summed E-state index contributed by atoms with van der Waals surface area (Å²) in [6.45, 7) is 5.53. The van der Waals surface area contributed by atoms with Crippen LogP contribution in [0, 0.1) is 11.8 Å². The Labute approximate surface area is 183 Å². The fourth-order valence-corrected chi connectivity index (χ4v) is 5.89. The topological polar surface area (TPSA) is 62.3 Å². The summed E-state index contributed by atoms with van der Waals surface area (Å²) in [4.78, 5) is 32.7. The second-order valence-electron chi connectivity index (χ2n) is 9.18. The van der Waals surface area contributed by atoms with Crippen LogP contribution in [0.15, 0.2) is 24.3 Å². The molecule has 1 unspecified atom stereocenters. The van der Waals surface area contributed by atoms with E-state index in [-0.39, 0.29) is 23.7 Å². The maximum absolute atomic E-state index is 13.2. The van der Waals surface area contributed by atoms with E-state index >= 15 is 0 Å². The largest absolute Gasteiger partial charge is 0.344 e. The summed E-state index contributed by atoms with van der Waals surface area (Å²) in [7, 11) is 0. The van der Waals surface area contributed by atoms with E-state index in [1.165, 1.54) is 16.1 Å². The van der Waals surface area contributed by atoms with Crippen LogP contribution >= 0.6 is 11.3 Å². The van der Waals surface area contributed by atoms with Gasteiger partial charge >= 0.3 is 0 Å². The van der Waals surface area contributed by atoms with Gasteiger partial charge in [0, 0.05) is 24.9 Å². The summed E-state index contributed by atoms with van der Waals surface area (Å²) in [5.41, 5.74) is 1.07. The molecule has 1 aliphatic carbocycles. The summed E-state index contributed by atoms with van der Waals surface area (Å²) >= 11 is 1.78. The number of nitrogens with one attached hydrogen (secondary N) is 1. The minimum atomic E-state index is -0.418. The van der Waals surface area contributed by atoms with Crippen LogP contribution in [0.4, 0.5) is 0 Å². The zero-order valence-corrected chi connectivity index (χ0v) is 18.9. The first-order chi connectivity index (χ1) is 14.5. The molecule has 0 spiro atoms. The van der Waals surface area contributed by atoms with Gasteiger partial charge in [0.2, 0.25) is 11.8 Å². The number of carbonyl (C=O) groups is 2. The molecule has 1 saturated carbocycles. The normalized spacial score (nSPS) is 19.9. The van der Waals surface area contributed by atoms with E-state index in [2.05, 4.69) is 23.5 Å². The molecule has 0 bridgehead atoms. The predicted octanol–water partition coefficient (Wildman–Crippen LogP) is 4.72. The van der Waals surface area contributed by atoms with Crippen LogP contribution in [-0.4, -0.2) is 40.8 Å². The smallest absolute Gasteiger partial charge is 0.245 e. The molecule has 2 fully saturated rings. The molecular formula is C24H33N3O2S. The number of hydrogen-bond donors (Lipinski definition) is 1. The number of rotatable bonds is 5. The summed E-state index contributed by atoms with van der Waals surface area (Å²) < 4.78 is 1.23. The third kappa shape index (κ3) is 4.69.